The van der Waals surface area contributed by atoms with E-state index in [2.05, 4.69) is 0 Å². The summed E-state index contributed by atoms with van der Waals surface area (Å²) >= 11 is 0. The molecule has 0 spiro atoms. The van der Waals surface area contributed by atoms with Crippen LogP contribution in [0, 0.1) is 6.92 Å². The highest BCUT2D eigenvalue weighted by Crippen LogP contribution is 2.54. The smallest absolute Gasteiger partial charge is 0.236 e. The Balaban J connectivity index is 2.64. The molecule has 0 aromatic heterocycles. The number of aryl methyl sites for hydroxylation is 1. The fourth-order valence-corrected chi connectivity index (χ4v) is 2.14. The van der Waals surface area contributed by atoms with Crippen LogP contribution in [0.25, 0.3) is 0 Å². The van der Waals surface area contributed by atoms with E-state index in [1.54, 1.807) is 19.1 Å². The number of hydrogen-bond acceptors (Lipinski definition) is 0. The summed E-state index contributed by atoms with van der Waals surface area (Å²) in [6.45, 7) is 3.12. The lowest BCUT2D eigenvalue weighted by Gasteiger charge is -2.17. The van der Waals surface area contributed by atoms with Crippen LogP contribution in [-0.2, 0) is 0 Å². The van der Waals surface area contributed by atoms with Crippen molar-refractivity contribution < 1.29 is 13.2 Å². The molecule has 14 heavy (non-hydrogen) atoms. The molecule has 1 aliphatic carbocycles. The minimum atomic E-state index is -3.26. The summed E-state index contributed by atoms with van der Waals surface area (Å²) in [6, 6.07) is 4.81. The van der Waals surface area contributed by atoms with E-state index in [0.29, 0.717) is 5.56 Å². The van der Waals surface area contributed by atoms with Gasteiger partial charge in [0.1, 0.15) is 0 Å². The van der Waals surface area contributed by atoms with Crippen molar-refractivity contribution in [3.05, 3.63) is 34.9 Å². The molecule has 2 atom stereocenters. The lowest BCUT2D eigenvalue weighted by Crippen LogP contribution is -2.22. The van der Waals surface area contributed by atoms with E-state index >= 15 is 0 Å². The third-order valence-electron chi connectivity index (χ3n) is 2.98. The van der Waals surface area contributed by atoms with Crippen LogP contribution in [0.1, 0.15) is 35.7 Å². The summed E-state index contributed by atoms with van der Waals surface area (Å²) in [7, 11) is 0. The van der Waals surface area contributed by atoms with Crippen LogP contribution in [-0.4, -0.2) is 5.92 Å². The summed E-state index contributed by atoms with van der Waals surface area (Å²) in [6.07, 6.45) is -2.15. The lowest BCUT2D eigenvalue weighted by molar-refractivity contribution is -0.0780. The Morgan fingerprint density at radius 1 is 1.29 bits per heavy atom. The Morgan fingerprint density at radius 3 is 2.50 bits per heavy atom. The molecule has 0 heterocycles. The molecule has 1 aliphatic rings. The molecule has 0 nitrogen and oxygen atoms in total. The van der Waals surface area contributed by atoms with E-state index in [9.17, 15) is 13.2 Å². The second-order valence-corrected chi connectivity index (χ2v) is 3.84. The highest BCUT2D eigenvalue weighted by Gasteiger charge is 2.54. The monoisotopic (exact) mass is 200 g/mol. The van der Waals surface area contributed by atoms with Crippen LogP contribution >= 0.6 is 0 Å². The summed E-state index contributed by atoms with van der Waals surface area (Å²) in [4.78, 5) is 0. The van der Waals surface area contributed by atoms with E-state index in [0.717, 1.165) is 5.56 Å². The number of rotatable bonds is 0. The maximum atomic E-state index is 13.4. The Morgan fingerprint density at radius 2 is 1.93 bits per heavy atom. The number of benzene rings is 1. The Labute approximate surface area is 80.7 Å². The average molecular weight is 200 g/mol. The molecule has 2 unspecified atom stereocenters. The first kappa shape index (κ1) is 9.56. The van der Waals surface area contributed by atoms with E-state index in [-0.39, 0.29) is 5.56 Å². The van der Waals surface area contributed by atoms with Gasteiger partial charge in [-0.25, -0.2) is 13.2 Å². The molecule has 1 aromatic rings. The molecule has 0 fully saturated rings. The molecule has 0 aliphatic heterocycles. The molecule has 0 bridgehead atoms. The summed E-state index contributed by atoms with van der Waals surface area (Å²) < 4.78 is 40.0. The van der Waals surface area contributed by atoms with Crippen LogP contribution < -0.4 is 0 Å². The van der Waals surface area contributed by atoms with Gasteiger partial charge in [-0.05, 0) is 23.6 Å². The van der Waals surface area contributed by atoms with Crippen LogP contribution in [0.5, 0.6) is 0 Å². The second kappa shape index (κ2) is 2.75. The van der Waals surface area contributed by atoms with Gasteiger partial charge in [0.15, 0.2) is 6.17 Å². The molecule has 0 saturated carbocycles. The zero-order valence-corrected chi connectivity index (χ0v) is 8.02. The Kier molecular flexibility index (Phi) is 1.88. The quantitative estimate of drug-likeness (QED) is 0.598. The SMILES string of the molecule is Cc1cccc2c1C(C)C(F)(F)C2F. The fourth-order valence-electron chi connectivity index (χ4n) is 2.14. The lowest BCUT2D eigenvalue weighted by atomic mass is 9.97. The van der Waals surface area contributed by atoms with E-state index < -0.39 is 18.0 Å². The minimum Gasteiger partial charge on any atom is -0.236 e. The van der Waals surface area contributed by atoms with Gasteiger partial charge < -0.3 is 0 Å². The second-order valence-electron chi connectivity index (χ2n) is 3.84. The van der Waals surface area contributed by atoms with Gasteiger partial charge in [-0.2, -0.15) is 0 Å². The van der Waals surface area contributed by atoms with E-state index in [4.69, 9.17) is 0 Å². The first-order valence-corrected chi connectivity index (χ1v) is 4.57. The van der Waals surface area contributed by atoms with Gasteiger partial charge in [-0.15, -0.1) is 0 Å². The van der Waals surface area contributed by atoms with Crippen LogP contribution in [0.4, 0.5) is 13.2 Å². The summed E-state index contributed by atoms with van der Waals surface area (Å²) in [5.41, 5.74) is 1.38. The van der Waals surface area contributed by atoms with Gasteiger partial charge in [0, 0.05) is 5.92 Å². The topological polar surface area (TPSA) is 0 Å². The zero-order valence-electron chi connectivity index (χ0n) is 8.02. The van der Waals surface area contributed by atoms with Crippen molar-refractivity contribution in [2.45, 2.75) is 31.9 Å². The summed E-state index contributed by atoms with van der Waals surface area (Å²) in [5.74, 6) is -4.28. The highest BCUT2D eigenvalue weighted by molar-refractivity contribution is 5.45. The molecule has 2 rings (SSSR count). The molecule has 0 N–H and O–H groups in total. The van der Waals surface area contributed by atoms with Crippen molar-refractivity contribution >= 4 is 0 Å². The van der Waals surface area contributed by atoms with Crippen molar-refractivity contribution in [1.29, 1.82) is 0 Å². The first-order valence-electron chi connectivity index (χ1n) is 4.57. The van der Waals surface area contributed by atoms with Crippen molar-refractivity contribution in [2.24, 2.45) is 0 Å². The summed E-state index contributed by atoms with van der Waals surface area (Å²) in [5, 5.41) is 0. The van der Waals surface area contributed by atoms with Crippen LogP contribution in [0.15, 0.2) is 18.2 Å². The van der Waals surface area contributed by atoms with Gasteiger partial charge in [-0.3, -0.25) is 0 Å². The Hall–Kier alpha value is -0.990. The predicted octanol–water partition coefficient (Wildman–Crippen LogP) is 3.76. The van der Waals surface area contributed by atoms with Gasteiger partial charge in [0.25, 0.3) is 5.92 Å². The van der Waals surface area contributed by atoms with E-state index in [1.165, 1.54) is 13.0 Å². The molecule has 3 heteroatoms. The molecular weight excluding hydrogens is 189 g/mol. The van der Waals surface area contributed by atoms with E-state index in [1.807, 2.05) is 0 Å². The minimum absolute atomic E-state index is 0.155. The molecule has 0 amide bonds. The maximum Gasteiger partial charge on any atom is 0.289 e. The third-order valence-corrected chi connectivity index (χ3v) is 2.98. The predicted molar refractivity (Wildman–Crippen MR) is 48.4 cm³/mol. The first-order chi connectivity index (χ1) is 6.46. The van der Waals surface area contributed by atoms with Gasteiger partial charge in [-0.1, -0.05) is 25.1 Å². The third kappa shape index (κ3) is 1.01. The van der Waals surface area contributed by atoms with Crippen molar-refractivity contribution in [2.75, 3.05) is 0 Å². The average Bonchev–Trinajstić information content (AvgIpc) is 2.30. The highest BCUT2D eigenvalue weighted by atomic mass is 19.3. The molecule has 76 valence electrons. The Bertz CT molecular complexity index is 371. The van der Waals surface area contributed by atoms with Crippen LogP contribution in [0.2, 0.25) is 0 Å². The molecule has 1 aromatic carbocycles. The van der Waals surface area contributed by atoms with Crippen molar-refractivity contribution in [3.8, 4) is 0 Å². The molecular formula is C11H11F3. The molecule has 0 radical (unpaired) electrons. The fraction of sp³-hybridized carbons (Fsp3) is 0.455. The van der Waals surface area contributed by atoms with Gasteiger partial charge in [0.2, 0.25) is 0 Å². The number of halogens is 3. The zero-order chi connectivity index (χ0) is 10.5. The maximum absolute atomic E-state index is 13.4. The largest absolute Gasteiger partial charge is 0.289 e. The van der Waals surface area contributed by atoms with Crippen molar-refractivity contribution in [1.82, 2.24) is 0 Å². The standard InChI is InChI=1S/C11H11F3/c1-6-4-3-5-8-9(6)7(2)11(13,14)10(8)12/h3-5,7,10H,1-2H3. The number of hydrogen-bond donors (Lipinski definition) is 0. The number of fused-ring (bicyclic) bond motifs is 1. The van der Waals surface area contributed by atoms with Gasteiger partial charge in [0.05, 0.1) is 0 Å². The van der Waals surface area contributed by atoms with Gasteiger partial charge >= 0.3 is 0 Å². The van der Waals surface area contributed by atoms with Crippen LogP contribution in [0.3, 0.4) is 0 Å². The normalized spacial score (nSPS) is 28.9. The molecule has 0 saturated heterocycles. The van der Waals surface area contributed by atoms with Crippen molar-refractivity contribution in [3.63, 3.8) is 0 Å². The number of alkyl halides is 3.